The van der Waals surface area contributed by atoms with Crippen LogP contribution in [0.1, 0.15) is 24.9 Å². The number of nitrogens with two attached hydrogens (primary N) is 1. The minimum absolute atomic E-state index is 0.216. The van der Waals surface area contributed by atoms with Gasteiger partial charge in [-0.3, -0.25) is 4.90 Å². The van der Waals surface area contributed by atoms with E-state index in [4.69, 9.17) is 10.8 Å². The Bertz CT molecular complexity index is 310. The summed E-state index contributed by atoms with van der Waals surface area (Å²) in [6, 6.07) is 1.76. The number of hydrogen-bond acceptors (Lipinski definition) is 5. The van der Waals surface area contributed by atoms with E-state index < -0.39 is 0 Å². The Balaban J connectivity index is 2.62. The van der Waals surface area contributed by atoms with Gasteiger partial charge in [0.2, 0.25) is 0 Å². The number of nitrogen functional groups attached to an aromatic ring is 1. The van der Waals surface area contributed by atoms with E-state index in [-0.39, 0.29) is 6.61 Å². The average Bonchev–Trinajstić information content (AvgIpc) is 2.22. The molecule has 3 N–H and O–H groups in total. The molecule has 0 saturated carbocycles. The summed E-state index contributed by atoms with van der Waals surface area (Å²) in [5.74, 6) is 1.26. The van der Waals surface area contributed by atoms with Crippen molar-refractivity contribution < 1.29 is 5.11 Å². The topological polar surface area (TPSA) is 75.3 Å². The van der Waals surface area contributed by atoms with Gasteiger partial charge in [-0.05, 0) is 19.9 Å². The van der Waals surface area contributed by atoms with E-state index >= 15 is 0 Å². The maximum atomic E-state index is 8.79. The normalized spacial score (nSPS) is 11.0. The van der Waals surface area contributed by atoms with Gasteiger partial charge in [-0.1, -0.05) is 6.92 Å². The van der Waals surface area contributed by atoms with Gasteiger partial charge in [0.1, 0.15) is 11.6 Å². The molecule has 0 spiro atoms. The number of aliphatic hydroxyl groups excluding tert-OH is 1. The molecule has 0 bridgehead atoms. The van der Waals surface area contributed by atoms with Gasteiger partial charge >= 0.3 is 0 Å². The molecule has 1 heterocycles. The lowest BCUT2D eigenvalue weighted by atomic mass is 10.3. The zero-order chi connectivity index (χ0) is 12.0. The van der Waals surface area contributed by atoms with Crippen LogP contribution in [0.5, 0.6) is 0 Å². The number of anilines is 1. The highest BCUT2D eigenvalue weighted by Gasteiger charge is 2.06. The van der Waals surface area contributed by atoms with Crippen LogP contribution in [0, 0.1) is 6.92 Å². The van der Waals surface area contributed by atoms with Gasteiger partial charge < -0.3 is 10.8 Å². The van der Waals surface area contributed by atoms with E-state index in [2.05, 4.69) is 21.8 Å². The molecule has 5 heteroatoms. The Morgan fingerprint density at radius 2 is 2.19 bits per heavy atom. The lowest BCUT2D eigenvalue weighted by Crippen LogP contribution is -2.26. The van der Waals surface area contributed by atoms with Crippen molar-refractivity contribution in [3.8, 4) is 0 Å². The summed E-state index contributed by atoms with van der Waals surface area (Å²) in [6.07, 6.45) is 0.773. The fourth-order valence-corrected chi connectivity index (χ4v) is 1.57. The molecule has 90 valence electrons. The van der Waals surface area contributed by atoms with Crippen molar-refractivity contribution in [1.82, 2.24) is 14.9 Å². The molecular formula is C11H20N4O. The first-order valence-electron chi connectivity index (χ1n) is 5.59. The molecule has 1 aromatic rings. The number of aromatic nitrogens is 2. The van der Waals surface area contributed by atoms with Crippen molar-refractivity contribution in [2.24, 2.45) is 0 Å². The predicted molar refractivity (Wildman–Crippen MR) is 63.8 cm³/mol. The molecular weight excluding hydrogens is 204 g/mol. The molecule has 1 aromatic heterocycles. The first kappa shape index (κ1) is 12.9. The molecule has 0 amide bonds. The van der Waals surface area contributed by atoms with Crippen LogP contribution in [0.15, 0.2) is 6.07 Å². The summed E-state index contributed by atoms with van der Waals surface area (Å²) in [4.78, 5) is 10.7. The molecule has 5 nitrogen and oxygen atoms in total. The Morgan fingerprint density at radius 1 is 1.44 bits per heavy atom. The molecule has 0 atom stereocenters. The zero-order valence-corrected chi connectivity index (χ0v) is 9.98. The van der Waals surface area contributed by atoms with Gasteiger partial charge in [0, 0.05) is 24.9 Å². The third-order valence-corrected chi connectivity index (χ3v) is 2.37. The van der Waals surface area contributed by atoms with Crippen molar-refractivity contribution in [2.45, 2.75) is 26.8 Å². The molecule has 1 rings (SSSR count). The average molecular weight is 224 g/mol. The molecule has 0 saturated heterocycles. The smallest absolute Gasteiger partial charge is 0.144 e. The first-order chi connectivity index (χ1) is 7.65. The lowest BCUT2D eigenvalue weighted by molar-refractivity contribution is 0.222. The third-order valence-electron chi connectivity index (χ3n) is 2.37. The Morgan fingerprint density at radius 3 is 2.75 bits per heavy atom. The number of hydrogen-bond donors (Lipinski definition) is 2. The van der Waals surface area contributed by atoms with E-state index in [1.807, 2.05) is 6.92 Å². The maximum absolute atomic E-state index is 8.79. The van der Waals surface area contributed by atoms with Crippen molar-refractivity contribution >= 4 is 5.82 Å². The van der Waals surface area contributed by atoms with E-state index in [9.17, 15) is 0 Å². The standard InChI is InChI=1S/C11H20N4O/c1-3-15(5-4-6-16)8-11-13-9(2)7-10(12)14-11/h7,16H,3-6,8H2,1-2H3,(H2,12,13,14). The largest absolute Gasteiger partial charge is 0.396 e. The highest BCUT2D eigenvalue weighted by molar-refractivity contribution is 5.29. The molecule has 0 fully saturated rings. The van der Waals surface area contributed by atoms with Crippen LogP contribution in [-0.2, 0) is 6.54 Å². The SMILES string of the molecule is CCN(CCCO)Cc1nc(C)cc(N)n1. The summed E-state index contributed by atoms with van der Waals surface area (Å²) in [7, 11) is 0. The van der Waals surface area contributed by atoms with Gasteiger partial charge in [0.25, 0.3) is 0 Å². The quantitative estimate of drug-likeness (QED) is 0.739. The molecule has 0 radical (unpaired) electrons. The van der Waals surface area contributed by atoms with Crippen LogP contribution in [0.25, 0.3) is 0 Å². The minimum Gasteiger partial charge on any atom is -0.396 e. The fraction of sp³-hybridized carbons (Fsp3) is 0.636. The third kappa shape index (κ3) is 4.12. The summed E-state index contributed by atoms with van der Waals surface area (Å²) < 4.78 is 0. The van der Waals surface area contributed by atoms with Gasteiger partial charge in [-0.15, -0.1) is 0 Å². The van der Waals surface area contributed by atoms with Crippen LogP contribution in [0.3, 0.4) is 0 Å². The summed E-state index contributed by atoms with van der Waals surface area (Å²) in [6.45, 7) is 6.65. The van der Waals surface area contributed by atoms with E-state index in [0.717, 1.165) is 31.0 Å². The number of aryl methyl sites for hydroxylation is 1. The Hall–Kier alpha value is -1.20. The van der Waals surface area contributed by atoms with Crippen LogP contribution >= 0.6 is 0 Å². The molecule has 0 aliphatic rings. The minimum atomic E-state index is 0.216. The van der Waals surface area contributed by atoms with Crippen LogP contribution in [0.2, 0.25) is 0 Å². The Kier molecular flexibility index (Phi) is 5.14. The summed E-state index contributed by atoms with van der Waals surface area (Å²) >= 11 is 0. The molecule has 0 unspecified atom stereocenters. The second-order valence-corrected chi connectivity index (χ2v) is 3.80. The molecule has 0 aliphatic heterocycles. The molecule has 0 aromatic carbocycles. The van der Waals surface area contributed by atoms with Crippen LogP contribution in [-0.4, -0.2) is 39.7 Å². The second-order valence-electron chi connectivity index (χ2n) is 3.80. The van der Waals surface area contributed by atoms with Gasteiger partial charge in [-0.2, -0.15) is 0 Å². The summed E-state index contributed by atoms with van der Waals surface area (Å²) in [5, 5.41) is 8.79. The van der Waals surface area contributed by atoms with Crippen LogP contribution in [0.4, 0.5) is 5.82 Å². The second kappa shape index (κ2) is 6.40. The predicted octanol–water partition coefficient (Wildman–Crippen LogP) is 0.572. The van der Waals surface area contributed by atoms with E-state index in [1.54, 1.807) is 6.07 Å². The highest BCUT2D eigenvalue weighted by atomic mass is 16.3. The van der Waals surface area contributed by atoms with Crippen molar-refractivity contribution in [3.05, 3.63) is 17.6 Å². The highest BCUT2D eigenvalue weighted by Crippen LogP contribution is 2.05. The van der Waals surface area contributed by atoms with E-state index in [1.165, 1.54) is 0 Å². The van der Waals surface area contributed by atoms with Crippen molar-refractivity contribution in [1.29, 1.82) is 0 Å². The van der Waals surface area contributed by atoms with E-state index in [0.29, 0.717) is 12.4 Å². The van der Waals surface area contributed by atoms with Gasteiger partial charge in [-0.25, -0.2) is 9.97 Å². The van der Waals surface area contributed by atoms with Crippen LogP contribution < -0.4 is 5.73 Å². The number of rotatable bonds is 6. The lowest BCUT2D eigenvalue weighted by Gasteiger charge is -2.18. The monoisotopic (exact) mass is 224 g/mol. The number of aliphatic hydroxyl groups is 1. The van der Waals surface area contributed by atoms with Gasteiger partial charge in [0.15, 0.2) is 0 Å². The fourth-order valence-electron chi connectivity index (χ4n) is 1.57. The van der Waals surface area contributed by atoms with Crippen molar-refractivity contribution in [2.75, 3.05) is 25.4 Å². The summed E-state index contributed by atoms with van der Waals surface area (Å²) in [5.41, 5.74) is 6.56. The molecule has 16 heavy (non-hydrogen) atoms. The first-order valence-corrected chi connectivity index (χ1v) is 5.59. The zero-order valence-electron chi connectivity index (χ0n) is 9.98. The van der Waals surface area contributed by atoms with Crippen molar-refractivity contribution in [3.63, 3.8) is 0 Å². The molecule has 0 aliphatic carbocycles. The maximum Gasteiger partial charge on any atom is 0.144 e. The van der Waals surface area contributed by atoms with Gasteiger partial charge in [0.05, 0.1) is 6.54 Å². The Labute approximate surface area is 96.3 Å². The number of nitrogens with zero attached hydrogens (tertiary/aromatic N) is 3.